The van der Waals surface area contributed by atoms with Crippen molar-refractivity contribution >= 4 is 11.9 Å². The largest absolute Gasteiger partial charge is 0.490 e. The van der Waals surface area contributed by atoms with Gasteiger partial charge >= 0.3 is 12.1 Å². The van der Waals surface area contributed by atoms with E-state index in [-0.39, 0.29) is 12.0 Å². The second-order valence-electron chi connectivity index (χ2n) is 8.48. The van der Waals surface area contributed by atoms with E-state index >= 15 is 0 Å². The van der Waals surface area contributed by atoms with E-state index in [1.165, 1.54) is 16.7 Å². The molecule has 6 nitrogen and oxygen atoms in total. The third-order valence-electron chi connectivity index (χ3n) is 5.60. The average molecular weight is 501 g/mol. The third kappa shape index (κ3) is 7.58. The molecule has 3 aromatic carbocycles. The number of halogens is 3. The molecule has 0 saturated heterocycles. The molecule has 0 bridgehead atoms. The Morgan fingerprint density at radius 2 is 1.64 bits per heavy atom. The molecule has 190 valence electrons. The molecular formula is C27H27F3N2O4. The van der Waals surface area contributed by atoms with Crippen molar-refractivity contribution in [3.8, 4) is 16.9 Å². The van der Waals surface area contributed by atoms with Crippen molar-refractivity contribution in [1.29, 1.82) is 0 Å². The molecule has 0 aromatic heterocycles. The number of carboxylic acids is 1. The highest BCUT2D eigenvalue weighted by Crippen LogP contribution is 2.32. The molecule has 1 amide bonds. The molecule has 0 spiro atoms. The van der Waals surface area contributed by atoms with Crippen molar-refractivity contribution in [3.63, 3.8) is 0 Å². The van der Waals surface area contributed by atoms with Gasteiger partial charge < -0.3 is 20.9 Å². The molecule has 1 heterocycles. The standard InChI is InChI=1S/C25H26N2O2.C2HF3O2/c1-17-13-22-15-21(11-12-24(22)29-17)20-9-7-19(8-10-20)16-27-23(25(26)28)14-18-5-3-2-4-6-18;3-2(4,5)1(6)7/h2-12,15,17,23,27H,13-14,16H2,1H3,(H2,26,28);(H,6,7). The fourth-order valence-corrected chi connectivity index (χ4v) is 3.78. The van der Waals surface area contributed by atoms with Crippen LogP contribution in [0.5, 0.6) is 5.75 Å². The molecule has 0 fully saturated rings. The number of benzene rings is 3. The number of carboxylic acid groups (broad SMARTS) is 1. The molecule has 2 unspecified atom stereocenters. The number of aliphatic carboxylic acids is 1. The van der Waals surface area contributed by atoms with Gasteiger partial charge in [0.05, 0.1) is 6.04 Å². The number of ether oxygens (including phenoxy) is 1. The maximum atomic E-state index is 11.8. The topological polar surface area (TPSA) is 102 Å². The van der Waals surface area contributed by atoms with E-state index in [9.17, 15) is 18.0 Å². The predicted octanol–water partition coefficient (Wildman–Crippen LogP) is 4.50. The van der Waals surface area contributed by atoms with Crippen molar-refractivity contribution in [3.05, 3.63) is 89.5 Å². The third-order valence-corrected chi connectivity index (χ3v) is 5.60. The van der Waals surface area contributed by atoms with Crippen LogP contribution in [-0.4, -0.2) is 35.3 Å². The summed E-state index contributed by atoms with van der Waals surface area (Å²) >= 11 is 0. The molecule has 4 rings (SSSR count). The van der Waals surface area contributed by atoms with Gasteiger partial charge in [0.2, 0.25) is 5.91 Å². The first kappa shape index (κ1) is 26.7. The Balaban J connectivity index is 0.000000454. The molecule has 1 aliphatic rings. The molecule has 0 radical (unpaired) electrons. The first-order valence-corrected chi connectivity index (χ1v) is 11.3. The van der Waals surface area contributed by atoms with Crippen LogP contribution >= 0.6 is 0 Å². The molecule has 1 aliphatic heterocycles. The van der Waals surface area contributed by atoms with Crippen LogP contribution in [0.2, 0.25) is 0 Å². The second-order valence-corrected chi connectivity index (χ2v) is 8.48. The van der Waals surface area contributed by atoms with E-state index in [1.54, 1.807) is 0 Å². The molecule has 0 saturated carbocycles. The maximum Gasteiger partial charge on any atom is 0.490 e. The van der Waals surface area contributed by atoms with E-state index in [2.05, 4.69) is 54.7 Å². The highest BCUT2D eigenvalue weighted by atomic mass is 19.4. The van der Waals surface area contributed by atoms with Gasteiger partial charge in [-0.2, -0.15) is 13.2 Å². The molecule has 36 heavy (non-hydrogen) atoms. The summed E-state index contributed by atoms with van der Waals surface area (Å²) in [7, 11) is 0. The van der Waals surface area contributed by atoms with Gasteiger partial charge in [-0.15, -0.1) is 0 Å². The number of primary amides is 1. The zero-order valence-corrected chi connectivity index (χ0v) is 19.6. The summed E-state index contributed by atoms with van der Waals surface area (Å²) < 4.78 is 37.5. The van der Waals surface area contributed by atoms with E-state index in [0.29, 0.717) is 13.0 Å². The van der Waals surface area contributed by atoms with E-state index in [0.717, 1.165) is 23.3 Å². The summed E-state index contributed by atoms with van der Waals surface area (Å²) in [4.78, 5) is 20.7. The number of alkyl halides is 3. The number of carbonyl (C=O) groups is 2. The van der Waals surface area contributed by atoms with Crippen LogP contribution in [0, 0.1) is 0 Å². The molecule has 0 aliphatic carbocycles. The van der Waals surface area contributed by atoms with Crippen LogP contribution < -0.4 is 15.8 Å². The smallest absolute Gasteiger partial charge is 0.490 e. The Bertz CT molecular complexity index is 1180. The molecule has 2 atom stereocenters. The molecule has 4 N–H and O–H groups in total. The molecular weight excluding hydrogens is 473 g/mol. The van der Waals surface area contributed by atoms with Gasteiger partial charge in [-0.1, -0.05) is 60.7 Å². The van der Waals surface area contributed by atoms with Crippen LogP contribution in [0.15, 0.2) is 72.8 Å². The van der Waals surface area contributed by atoms with Gasteiger partial charge in [-0.25, -0.2) is 4.79 Å². The van der Waals surface area contributed by atoms with Crippen LogP contribution in [0.3, 0.4) is 0 Å². The van der Waals surface area contributed by atoms with Crippen LogP contribution in [0.1, 0.15) is 23.6 Å². The number of carbonyl (C=O) groups excluding carboxylic acids is 1. The number of amides is 1. The minimum Gasteiger partial charge on any atom is -0.490 e. The average Bonchev–Trinajstić information content (AvgIpc) is 3.21. The molecule has 3 aromatic rings. The van der Waals surface area contributed by atoms with Gasteiger partial charge in [0.15, 0.2) is 0 Å². The summed E-state index contributed by atoms with van der Waals surface area (Å²) in [6, 6.07) is 24.3. The van der Waals surface area contributed by atoms with Crippen molar-refractivity contribution in [2.75, 3.05) is 0 Å². The van der Waals surface area contributed by atoms with E-state index < -0.39 is 18.2 Å². The van der Waals surface area contributed by atoms with Crippen LogP contribution in [0.4, 0.5) is 13.2 Å². The highest BCUT2D eigenvalue weighted by Gasteiger charge is 2.38. The number of hydrogen-bond donors (Lipinski definition) is 3. The zero-order valence-electron chi connectivity index (χ0n) is 19.6. The van der Waals surface area contributed by atoms with Crippen LogP contribution in [-0.2, 0) is 29.0 Å². The predicted molar refractivity (Wildman–Crippen MR) is 129 cm³/mol. The van der Waals surface area contributed by atoms with Crippen LogP contribution in [0.25, 0.3) is 11.1 Å². The Kier molecular flexibility index (Phi) is 8.71. The van der Waals surface area contributed by atoms with Crippen molar-refractivity contribution in [2.45, 2.75) is 44.6 Å². The van der Waals surface area contributed by atoms with E-state index in [1.807, 2.05) is 30.3 Å². The quantitative estimate of drug-likeness (QED) is 0.444. The normalized spacial score (nSPS) is 15.2. The fourth-order valence-electron chi connectivity index (χ4n) is 3.78. The number of rotatable bonds is 7. The lowest BCUT2D eigenvalue weighted by Gasteiger charge is -2.16. The summed E-state index contributed by atoms with van der Waals surface area (Å²) in [5.74, 6) is -2.09. The Morgan fingerprint density at radius 3 is 2.22 bits per heavy atom. The summed E-state index contributed by atoms with van der Waals surface area (Å²) in [6.45, 7) is 2.69. The first-order valence-electron chi connectivity index (χ1n) is 11.3. The Hall–Kier alpha value is -3.85. The number of hydrogen-bond acceptors (Lipinski definition) is 4. The Morgan fingerprint density at radius 1 is 1.03 bits per heavy atom. The van der Waals surface area contributed by atoms with Gasteiger partial charge in [0, 0.05) is 13.0 Å². The molecule has 9 heteroatoms. The minimum atomic E-state index is -5.08. The lowest BCUT2D eigenvalue weighted by molar-refractivity contribution is -0.192. The highest BCUT2D eigenvalue weighted by molar-refractivity contribution is 5.80. The van der Waals surface area contributed by atoms with Crippen molar-refractivity contribution in [2.24, 2.45) is 5.73 Å². The Labute approximate surface area is 206 Å². The SMILES string of the molecule is CC1Cc2cc(-c3ccc(CNC(Cc4ccccc4)C(N)=O)cc3)ccc2O1.O=C(O)C(F)(F)F. The van der Waals surface area contributed by atoms with Crippen molar-refractivity contribution < 1.29 is 32.6 Å². The number of nitrogens with one attached hydrogen (secondary N) is 1. The lowest BCUT2D eigenvalue weighted by atomic mass is 10.00. The monoisotopic (exact) mass is 500 g/mol. The van der Waals surface area contributed by atoms with Gasteiger partial charge in [0.1, 0.15) is 11.9 Å². The second kappa shape index (κ2) is 11.7. The fraction of sp³-hybridized carbons (Fsp3) is 0.259. The zero-order chi connectivity index (χ0) is 26.3. The summed E-state index contributed by atoms with van der Waals surface area (Å²) in [5, 5.41) is 10.4. The number of fused-ring (bicyclic) bond motifs is 1. The summed E-state index contributed by atoms with van der Waals surface area (Å²) in [5.41, 5.74) is 11.4. The van der Waals surface area contributed by atoms with Crippen molar-refractivity contribution in [1.82, 2.24) is 5.32 Å². The van der Waals surface area contributed by atoms with Gasteiger partial charge in [-0.3, -0.25) is 4.79 Å². The maximum absolute atomic E-state index is 11.8. The van der Waals surface area contributed by atoms with E-state index in [4.69, 9.17) is 20.4 Å². The summed E-state index contributed by atoms with van der Waals surface area (Å²) in [6.07, 6.45) is -3.28. The first-order chi connectivity index (χ1) is 17.0. The van der Waals surface area contributed by atoms with Gasteiger partial charge in [0.25, 0.3) is 0 Å². The van der Waals surface area contributed by atoms with Gasteiger partial charge in [-0.05, 0) is 53.3 Å². The lowest BCUT2D eigenvalue weighted by Crippen LogP contribution is -2.42. The minimum absolute atomic E-state index is 0.253. The number of nitrogens with two attached hydrogens (primary N) is 1.